The molecule has 0 aliphatic carbocycles. The van der Waals surface area contributed by atoms with E-state index in [1.165, 1.54) is 16.9 Å². The van der Waals surface area contributed by atoms with Gasteiger partial charge in [0.2, 0.25) is 0 Å². The van der Waals surface area contributed by atoms with E-state index in [0.29, 0.717) is 10.6 Å². The monoisotopic (exact) mass is 326 g/mol. The van der Waals surface area contributed by atoms with Crippen LogP contribution < -0.4 is 16.4 Å². The summed E-state index contributed by atoms with van der Waals surface area (Å²) < 4.78 is 0. The molecule has 1 aromatic carbocycles. The molecule has 23 heavy (non-hydrogen) atoms. The Bertz CT molecular complexity index is 844. The van der Waals surface area contributed by atoms with Crippen LogP contribution in [-0.4, -0.2) is 24.5 Å². The largest absolute Gasteiger partial charge is 0.397 e. The predicted molar refractivity (Wildman–Crippen MR) is 96.0 cm³/mol. The number of fused-ring (bicyclic) bond motifs is 1. The first-order valence-corrected chi connectivity index (χ1v) is 8.11. The molecule has 0 spiro atoms. The van der Waals surface area contributed by atoms with Crippen molar-refractivity contribution < 1.29 is 4.79 Å². The van der Waals surface area contributed by atoms with Crippen LogP contribution in [0.3, 0.4) is 0 Å². The fraction of sp³-hybridized carbons (Fsp3) is 0.176. The molecule has 4 N–H and O–H groups in total. The lowest BCUT2D eigenvalue weighted by Gasteiger charge is -2.20. The predicted octanol–water partition coefficient (Wildman–Crippen LogP) is 2.66. The van der Waals surface area contributed by atoms with E-state index < -0.39 is 5.91 Å². The molecule has 0 fully saturated rings. The molecule has 0 saturated carbocycles. The fourth-order valence-corrected chi connectivity index (χ4v) is 3.53. The number of carbonyl (C=O) groups is 1. The summed E-state index contributed by atoms with van der Waals surface area (Å²) in [6.45, 7) is 0.838. The lowest BCUT2D eigenvalue weighted by atomic mass is 10.1. The fourth-order valence-electron chi connectivity index (χ4n) is 2.59. The maximum absolute atomic E-state index is 11.5. The van der Waals surface area contributed by atoms with Crippen molar-refractivity contribution in [2.75, 3.05) is 24.2 Å². The molecule has 5 nitrogen and oxygen atoms in total. The average Bonchev–Trinajstić information content (AvgIpc) is 2.91. The van der Waals surface area contributed by atoms with Gasteiger partial charge in [0.25, 0.3) is 5.91 Å². The summed E-state index contributed by atoms with van der Waals surface area (Å²) in [5.74, 6) is -0.511. The lowest BCUT2D eigenvalue weighted by molar-refractivity contribution is 0.100. The van der Waals surface area contributed by atoms with Crippen molar-refractivity contribution in [1.29, 1.82) is 0 Å². The Balaban J connectivity index is 1.91. The van der Waals surface area contributed by atoms with Crippen molar-refractivity contribution >= 4 is 38.8 Å². The lowest BCUT2D eigenvalue weighted by Crippen LogP contribution is -2.20. The number of nitrogen functional groups attached to an aromatic ring is 1. The summed E-state index contributed by atoms with van der Waals surface area (Å²) in [5, 5.41) is 0.807. The van der Waals surface area contributed by atoms with Gasteiger partial charge >= 0.3 is 0 Å². The molecular weight excluding hydrogens is 308 g/mol. The number of primary amides is 1. The maximum Gasteiger partial charge on any atom is 0.260 e. The number of likely N-dealkylation sites (N-methyl/N-ethyl adjacent to an activating group) is 1. The molecule has 2 aromatic heterocycles. The van der Waals surface area contributed by atoms with Gasteiger partial charge in [-0.2, -0.15) is 0 Å². The average molecular weight is 326 g/mol. The number of amides is 1. The molecule has 2 heterocycles. The first-order valence-electron chi connectivity index (χ1n) is 7.29. The SMILES string of the molecule is CN(CCc1ccccc1)c1ccnc2sc(C(N)=O)c(N)c12. The minimum atomic E-state index is -0.511. The number of aromatic nitrogens is 1. The van der Waals surface area contributed by atoms with Crippen LogP contribution in [0.15, 0.2) is 42.6 Å². The van der Waals surface area contributed by atoms with Gasteiger partial charge in [-0.3, -0.25) is 4.79 Å². The normalized spacial score (nSPS) is 10.8. The van der Waals surface area contributed by atoms with Crippen LogP contribution in [-0.2, 0) is 6.42 Å². The van der Waals surface area contributed by atoms with Gasteiger partial charge < -0.3 is 16.4 Å². The van der Waals surface area contributed by atoms with Crippen molar-refractivity contribution in [1.82, 2.24) is 4.98 Å². The molecule has 6 heteroatoms. The van der Waals surface area contributed by atoms with Crippen molar-refractivity contribution in [3.05, 3.63) is 53.0 Å². The van der Waals surface area contributed by atoms with E-state index in [1.807, 2.05) is 31.3 Å². The highest BCUT2D eigenvalue weighted by atomic mass is 32.1. The Morgan fingerprint density at radius 3 is 2.70 bits per heavy atom. The van der Waals surface area contributed by atoms with Gasteiger partial charge in [-0.1, -0.05) is 30.3 Å². The van der Waals surface area contributed by atoms with Crippen molar-refractivity contribution in [2.24, 2.45) is 5.73 Å². The summed E-state index contributed by atoms with van der Waals surface area (Å²) >= 11 is 1.24. The third kappa shape index (κ3) is 2.98. The highest BCUT2D eigenvalue weighted by molar-refractivity contribution is 7.21. The number of hydrogen-bond donors (Lipinski definition) is 2. The Labute approximate surface area is 138 Å². The minimum Gasteiger partial charge on any atom is -0.397 e. The Hall–Kier alpha value is -2.60. The molecule has 0 atom stereocenters. The number of rotatable bonds is 5. The number of benzene rings is 1. The zero-order valence-corrected chi connectivity index (χ0v) is 13.6. The highest BCUT2D eigenvalue weighted by Gasteiger charge is 2.18. The molecule has 0 unspecified atom stereocenters. The molecule has 0 bridgehead atoms. The van der Waals surface area contributed by atoms with E-state index in [4.69, 9.17) is 11.5 Å². The first kappa shape index (κ1) is 15.3. The van der Waals surface area contributed by atoms with Crippen LogP contribution in [0.2, 0.25) is 0 Å². The van der Waals surface area contributed by atoms with Gasteiger partial charge in [-0.15, -0.1) is 11.3 Å². The van der Waals surface area contributed by atoms with E-state index in [-0.39, 0.29) is 0 Å². The van der Waals surface area contributed by atoms with Crippen LogP contribution >= 0.6 is 11.3 Å². The van der Waals surface area contributed by atoms with E-state index in [2.05, 4.69) is 22.0 Å². The first-order chi connectivity index (χ1) is 11.1. The van der Waals surface area contributed by atoms with Gasteiger partial charge in [0.05, 0.1) is 16.8 Å². The van der Waals surface area contributed by atoms with Gasteiger partial charge in [0.15, 0.2) is 0 Å². The van der Waals surface area contributed by atoms with Crippen molar-refractivity contribution in [3.8, 4) is 0 Å². The molecule has 0 aliphatic heterocycles. The quantitative estimate of drug-likeness (QED) is 0.755. The summed E-state index contributed by atoms with van der Waals surface area (Å²) in [7, 11) is 2.01. The number of hydrogen-bond acceptors (Lipinski definition) is 5. The smallest absolute Gasteiger partial charge is 0.260 e. The third-order valence-corrected chi connectivity index (χ3v) is 4.95. The third-order valence-electron chi connectivity index (χ3n) is 3.82. The number of carbonyl (C=O) groups excluding carboxylic acids is 1. The summed E-state index contributed by atoms with van der Waals surface area (Å²) in [5.41, 5.74) is 14.2. The molecular formula is C17H18N4OS. The second-order valence-corrected chi connectivity index (χ2v) is 6.38. The van der Waals surface area contributed by atoms with E-state index >= 15 is 0 Å². The minimum absolute atomic E-state index is 0.372. The second-order valence-electron chi connectivity index (χ2n) is 5.38. The molecule has 0 radical (unpaired) electrons. The van der Waals surface area contributed by atoms with Gasteiger partial charge in [-0.05, 0) is 18.1 Å². The Kier molecular flexibility index (Phi) is 4.16. The number of anilines is 2. The van der Waals surface area contributed by atoms with Gasteiger partial charge in [0, 0.05) is 19.8 Å². The summed E-state index contributed by atoms with van der Waals surface area (Å²) in [6, 6.07) is 12.2. The Morgan fingerprint density at radius 1 is 1.26 bits per heavy atom. The van der Waals surface area contributed by atoms with Crippen LogP contribution in [0, 0.1) is 0 Å². The van der Waals surface area contributed by atoms with Crippen LogP contribution in [0.5, 0.6) is 0 Å². The van der Waals surface area contributed by atoms with Crippen LogP contribution in [0.4, 0.5) is 11.4 Å². The van der Waals surface area contributed by atoms with Crippen molar-refractivity contribution in [3.63, 3.8) is 0 Å². The van der Waals surface area contributed by atoms with Gasteiger partial charge in [0.1, 0.15) is 9.71 Å². The molecule has 0 saturated heterocycles. The topological polar surface area (TPSA) is 85.2 Å². The molecule has 0 aliphatic rings. The highest BCUT2D eigenvalue weighted by Crippen LogP contribution is 2.38. The number of nitrogens with zero attached hydrogens (tertiary/aromatic N) is 2. The Morgan fingerprint density at radius 2 is 2.00 bits per heavy atom. The van der Waals surface area contributed by atoms with Crippen molar-refractivity contribution in [2.45, 2.75) is 6.42 Å². The molecule has 3 aromatic rings. The van der Waals surface area contributed by atoms with E-state index in [9.17, 15) is 4.79 Å². The summed E-state index contributed by atoms with van der Waals surface area (Å²) in [4.78, 5) is 19.0. The second kappa shape index (κ2) is 6.26. The van der Waals surface area contributed by atoms with E-state index in [0.717, 1.165) is 28.9 Å². The molecule has 3 rings (SSSR count). The summed E-state index contributed by atoms with van der Waals surface area (Å²) in [6.07, 6.45) is 2.66. The maximum atomic E-state index is 11.5. The van der Waals surface area contributed by atoms with Crippen LogP contribution in [0.1, 0.15) is 15.2 Å². The number of pyridine rings is 1. The van der Waals surface area contributed by atoms with Gasteiger partial charge in [-0.25, -0.2) is 4.98 Å². The molecule has 118 valence electrons. The zero-order valence-electron chi connectivity index (χ0n) is 12.8. The van der Waals surface area contributed by atoms with Crippen LogP contribution in [0.25, 0.3) is 10.2 Å². The van der Waals surface area contributed by atoms with E-state index in [1.54, 1.807) is 6.20 Å². The zero-order chi connectivity index (χ0) is 16.4. The molecule has 1 amide bonds. The number of thiophene rings is 1. The number of nitrogens with two attached hydrogens (primary N) is 2. The standard InChI is InChI=1S/C17H18N4OS/c1-21(10-8-11-5-3-2-4-6-11)12-7-9-20-17-13(12)14(18)15(23-17)16(19)22/h2-7,9H,8,10,18H2,1H3,(H2,19,22).